The van der Waals surface area contributed by atoms with E-state index in [1.54, 1.807) is 29.0 Å². The molecular formula is C14H9BrN2OS. The second-order valence-electron chi connectivity index (χ2n) is 4.00. The Labute approximate surface area is 122 Å². The highest BCUT2D eigenvalue weighted by Gasteiger charge is 2.06. The van der Waals surface area contributed by atoms with Crippen LogP contribution in [0.3, 0.4) is 0 Å². The van der Waals surface area contributed by atoms with Gasteiger partial charge in [-0.15, -0.1) is 11.3 Å². The highest BCUT2D eigenvalue weighted by atomic mass is 79.9. The number of hydrogen-bond acceptors (Lipinski definition) is 3. The van der Waals surface area contributed by atoms with Crippen LogP contribution in [0.25, 0.3) is 10.2 Å². The summed E-state index contributed by atoms with van der Waals surface area (Å²) in [5, 5.41) is 2.87. The van der Waals surface area contributed by atoms with Gasteiger partial charge in [-0.1, -0.05) is 15.9 Å². The van der Waals surface area contributed by atoms with E-state index in [-0.39, 0.29) is 5.91 Å². The van der Waals surface area contributed by atoms with E-state index < -0.39 is 0 Å². The molecule has 0 saturated carbocycles. The van der Waals surface area contributed by atoms with E-state index in [2.05, 4.69) is 26.2 Å². The lowest BCUT2D eigenvalue weighted by atomic mass is 10.2. The van der Waals surface area contributed by atoms with Gasteiger partial charge in [0, 0.05) is 15.7 Å². The fourth-order valence-electron chi connectivity index (χ4n) is 1.74. The Morgan fingerprint density at radius 3 is 2.74 bits per heavy atom. The minimum atomic E-state index is -0.123. The molecule has 1 aromatic heterocycles. The third kappa shape index (κ3) is 2.67. The highest BCUT2D eigenvalue weighted by Crippen LogP contribution is 2.22. The number of halogens is 1. The average Bonchev–Trinajstić information content (AvgIpc) is 2.87. The molecule has 0 atom stereocenters. The van der Waals surface area contributed by atoms with E-state index in [9.17, 15) is 4.79 Å². The Kier molecular flexibility index (Phi) is 3.31. The van der Waals surface area contributed by atoms with Crippen molar-refractivity contribution < 1.29 is 4.79 Å². The molecule has 0 bridgehead atoms. The third-order valence-electron chi connectivity index (χ3n) is 2.69. The highest BCUT2D eigenvalue weighted by molar-refractivity contribution is 9.10. The number of hydrogen-bond donors (Lipinski definition) is 1. The Bertz CT molecular complexity index is 737. The quantitative estimate of drug-likeness (QED) is 0.759. The molecule has 0 saturated heterocycles. The molecule has 0 aliphatic heterocycles. The first-order chi connectivity index (χ1) is 9.22. The summed E-state index contributed by atoms with van der Waals surface area (Å²) in [6.07, 6.45) is 0. The third-order valence-corrected chi connectivity index (χ3v) is 4.03. The van der Waals surface area contributed by atoms with Gasteiger partial charge in [0.2, 0.25) is 0 Å². The van der Waals surface area contributed by atoms with Gasteiger partial charge in [0.25, 0.3) is 5.91 Å². The molecular weight excluding hydrogens is 324 g/mol. The number of aromatic nitrogens is 1. The Morgan fingerprint density at radius 2 is 1.95 bits per heavy atom. The van der Waals surface area contributed by atoms with E-state index >= 15 is 0 Å². The molecule has 5 heteroatoms. The van der Waals surface area contributed by atoms with Gasteiger partial charge in [-0.3, -0.25) is 4.79 Å². The molecule has 0 radical (unpaired) electrons. The van der Waals surface area contributed by atoms with Gasteiger partial charge < -0.3 is 5.32 Å². The number of carbonyl (C=O) groups is 1. The molecule has 1 heterocycles. The zero-order chi connectivity index (χ0) is 13.2. The van der Waals surface area contributed by atoms with E-state index in [1.165, 1.54) is 0 Å². The Morgan fingerprint density at radius 1 is 1.16 bits per heavy atom. The predicted molar refractivity (Wildman–Crippen MR) is 81.7 cm³/mol. The summed E-state index contributed by atoms with van der Waals surface area (Å²) in [7, 11) is 0. The van der Waals surface area contributed by atoms with E-state index in [0.717, 1.165) is 20.4 Å². The van der Waals surface area contributed by atoms with Crippen molar-refractivity contribution in [2.24, 2.45) is 0 Å². The number of anilines is 1. The van der Waals surface area contributed by atoms with Crippen LogP contribution in [0.15, 0.2) is 52.4 Å². The number of nitrogens with zero attached hydrogens (tertiary/aromatic N) is 1. The molecule has 0 spiro atoms. The fourth-order valence-corrected chi connectivity index (χ4v) is 2.66. The zero-order valence-electron chi connectivity index (χ0n) is 9.76. The average molecular weight is 333 g/mol. The maximum absolute atomic E-state index is 12.1. The van der Waals surface area contributed by atoms with Crippen molar-refractivity contribution in [1.82, 2.24) is 4.98 Å². The van der Waals surface area contributed by atoms with Gasteiger partial charge in [-0.2, -0.15) is 0 Å². The second kappa shape index (κ2) is 5.11. The first-order valence-corrected chi connectivity index (χ1v) is 7.30. The molecule has 0 fully saturated rings. The van der Waals surface area contributed by atoms with E-state index in [0.29, 0.717) is 5.56 Å². The summed E-state index contributed by atoms with van der Waals surface area (Å²) in [4.78, 5) is 16.3. The van der Waals surface area contributed by atoms with Crippen molar-refractivity contribution in [2.75, 3.05) is 5.32 Å². The summed E-state index contributed by atoms with van der Waals surface area (Å²) < 4.78 is 2.06. The normalized spacial score (nSPS) is 10.6. The number of amides is 1. The fraction of sp³-hybridized carbons (Fsp3) is 0. The number of nitrogens with one attached hydrogen (secondary N) is 1. The van der Waals surface area contributed by atoms with E-state index in [4.69, 9.17) is 0 Å². The van der Waals surface area contributed by atoms with Crippen molar-refractivity contribution in [2.45, 2.75) is 0 Å². The lowest BCUT2D eigenvalue weighted by molar-refractivity contribution is 0.102. The summed E-state index contributed by atoms with van der Waals surface area (Å²) in [5.74, 6) is -0.123. The number of benzene rings is 2. The molecule has 3 nitrogen and oxygen atoms in total. The summed E-state index contributed by atoms with van der Waals surface area (Å²) in [6, 6.07) is 13.0. The largest absolute Gasteiger partial charge is 0.322 e. The molecule has 3 aromatic rings. The van der Waals surface area contributed by atoms with Crippen LogP contribution >= 0.6 is 27.3 Å². The van der Waals surface area contributed by atoms with Crippen LogP contribution in [0.5, 0.6) is 0 Å². The van der Waals surface area contributed by atoms with Gasteiger partial charge in [-0.25, -0.2) is 4.98 Å². The SMILES string of the molecule is O=C(Nc1ccc2scnc2c1)c1ccc(Br)cc1. The van der Waals surface area contributed by atoms with Crippen molar-refractivity contribution >= 4 is 49.1 Å². The van der Waals surface area contributed by atoms with Gasteiger partial charge in [0.1, 0.15) is 0 Å². The summed E-state index contributed by atoms with van der Waals surface area (Å²) in [6.45, 7) is 0. The van der Waals surface area contributed by atoms with Crippen LogP contribution in [0.4, 0.5) is 5.69 Å². The molecule has 0 aliphatic carbocycles. The number of rotatable bonds is 2. The maximum atomic E-state index is 12.1. The molecule has 94 valence electrons. The second-order valence-corrected chi connectivity index (χ2v) is 5.80. The monoisotopic (exact) mass is 332 g/mol. The van der Waals surface area contributed by atoms with Gasteiger partial charge >= 0.3 is 0 Å². The molecule has 0 unspecified atom stereocenters. The van der Waals surface area contributed by atoms with Gasteiger partial charge in [0.15, 0.2) is 0 Å². The van der Waals surface area contributed by atoms with Crippen molar-refractivity contribution in [3.05, 3.63) is 58.0 Å². The predicted octanol–water partition coefficient (Wildman–Crippen LogP) is 4.31. The van der Waals surface area contributed by atoms with Crippen LogP contribution in [0, 0.1) is 0 Å². The molecule has 1 amide bonds. The Balaban J connectivity index is 1.83. The van der Waals surface area contributed by atoms with Crippen LogP contribution in [0.1, 0.15) is 10.4 Å². The minimum absolute atomic E-state index is 0.123. The van der Waals surface area contributed by atoms with Crippen molar-refractivity contribution in [3.8, 4) is 0 Å². The smallest absolute Gasteiger partial charge is 0.255 e. The molecule has 3 rings (SSSR count). The standard InChI is InChI=1S/C14H9BrN2OS/c15-10-3-1-9(2-4-10)14(18)17-11-5-6-13-12(7-11)16-8-19-13/h1-8H,(H,17,18). The number of carbonyl (C=O) groups excluding carboxylic acids is 1. The van der Waals surface area contributed by atoms with Crippen molar-refractivity contribution in [3.63, 3.8) is 0 Å². The lowest BCUT2D eigenvalue weighted by Gasteiger charge is -2.05. The Hall–Kier alpha value is -1.72. The van der Waals surface area contributed by atoms with Crippen molar-refractivity contribution in [1.29, 1.82) is 0 Å². The minimum Gasteiger partial charge on any atom is -0.322 e. The van der Waals surface area contributed by atoms with Crippen LogP contribution in [0.2, 0.25) is 0 Å². The zero-order valence-corrected chi connectivity index (χ0v) is 12.2. The van der Waals surface area contributed by atoms with E-state index in [1.807, 2.05) is 30.3 Å². The van der Waals surface area contributed by atoms with Gasteiger partial charge in [-0.05, 0) is 42.5 Å². The molecule has 2 aromatic carbocycles. The van der Waals surface area contributed by atoms with Crippen LogP contribution in [-0.4, -0.2) is 10.9 Å². The lowest BCUT2D eigenvalue weighted by Crippen LogP contribution is -2.11. The van der Waals surface area contributed by atoms with Gasteiger partial charge in [0.05, 0.1) is 15.7 Å². The molecule has 19 heavy (non-hydrogen) atoms. The first-order valence-electron chi connectivity index (χ1n) is 5.62. The number of fused-ring (bicyclic) bond motifs is 1. The molecule has 0 aliphatic rings. The molecule has 1 N–H and O–H groups in total. The number of thiazole rings is 1. The summed E-state index contributed by atoms with van der Waals surface area (Å²) in [5.41, 5.74) is 4.08. The summed E-state index contributed by atoms with van der Waals surface area (Å²) >= 11 is 4.93. The maximum Gasteiger partial charge on any atom is 0.255 e. The topological polar surface area (TPSA) is 42.0 Å². The van der Waals surface area contributed by atoms with Crippen LogP contribution in [-0.2, 0) is 0 Å². The first kappa shape index (κ1) is 12.3. The van der Waals surface area contributed by atoms with Crippen LogP contribution < -0.4 is 5.32 Å².